The molecule has 126 valence electrons. The van der Waals surface area contributed by atoms with Gasteiger partial charge in [-0.3, -0.25) is 19.5 Å². The van der Waals surface area contributed by atoms with Crippen LogP contribution in [0.2, 0.25) is 0 Å². The second-order valence-electron chi connectivity index (χ2n) is 5.93. The van der Waals surface area contributed by atoms with Crippen molar-refractivity contribution in [1.29, 1.82) is 0 Å². The van der Waals surface area contributed by atoms with Crippen molar-refractivity contribution >= 4 is 22.5 Å². The molecule has 8 nitrogen and oxygen atoms in total. The first-order valence-electron chi connectivity index (χ1n) is 8.02. The molecular weight excluding hydrogens is 322 g/mol. The van der Waals surface area contributed by atoms with E-state index in [1.165, 1.54) is 22.9 Å². The van der Waals surface area contributed by atoms with Gasteiger partial charge in [0, 0.05) is 37.6 Å². The van der Waals surface area contributed by atoms with E-state index in [0.717, 1.165) is 25.9 Å². The Morgan fingerprint density at radius 2 is 1.96 bits per heavy atom. The summed E-state index contributed by atoms with van der Waals surface area (Å²) in [6.45, 7) is 1.85. The van der Waals surface area contributed by atoms with Crippen LogP contribution in [0.1, 0.15) is 12.8 Å². The molecule has 0 amide bonds. The number of nitro groups is 1. The predicted molar refractivity (Wildman–Crippen MR) is 93.2 cm³/mol. The molecule has 0 saturated carbocycles. The van der Waals surface area contributed by atoms with Crippen molar-refractivity contribution in [2.45, 2.75) is 12.8 Å². The Hall–Kier alpha value is -3.29. The molecule has 1 aliphatic heterocycles. The lowest BCUT2D eigenvalue weighted by Crippen LogP contribution is -2.22. The Bertz CT molecular complexity index is 1020. The summed E-state index contributed by atoms with van der Waals surface area (Å²) in [5.74, 6) is 0.637. The number of hydrogen-bond acceptors (Lipinski definition) is 6. The monoisotopic (exact) mass is 337 g/mol. The zero-order valence-electron chi connectivity index (χ0n) is 13.3. The van der Waals surface area contributed by atoms with E-state index < -0.39 is 4.92 Å². The van der Waals surface area contributed by atoms with Crippen LogP contribution in [-0.2, 0) is 0 Å². The molecule has 0 atom stereocenters. The lowest BCUT2D eigenvalue weighted by molar-refractivity contribution is -0.384. The number of aromatic nitrogens is 3. The summed E-state index contributed by atoms with van der Waals surface area (Å²) in [5.41, 5.74) is 0.643. The summed E-state index contributed by atoms with van der Waals surface area (Å²) in [7, 11) is 0. The van der Waals surface area contributed by atoms with Crippen LogP contribution in [-0.4, -0.2) is 32.5 Å². The number of fused-ring (bicyclic) bond motifs is 1. The molecule has 1 aromatic carbocycles. The van der Waals surface area contributed by atoms with Gasteiger partial charge in [-0.15, -0.1) is 0 Å². The number of benzene rings is 1. The fourth-order valence-electron chi connectivity index (χ4n) is 3.05. The topological polar surface area (TPSA) is 94.2 Å². The van der Waals surface area contributed by atoms with Gasteiger partial charge in [0.1, 0.15) is 0 Å². The van der Waals surface area contributed by atoms with Crippen LogP contribution in [0.3, 0.4) is 0 Å². The molecule has 1 aliphatic rings. The van der Waals surface area contributed by atoms with Crippen molar-refractivity contribution in [2.75, 3.05) is 18.0 Å². The molecule has 0 spiro atoms. The van der Waals surface area contributed by atoms with Gasteiger partial charge in [-0.2, -0.15) is 0 Å². The van der Waals surface area contributed by atoms with E-state index in [1.807, 2.05) is 0 Å². The van der Waals surface area contributed by atoms with E-state index in [4.69, 9.17) is 0 Å². The molecular formula is C17H15N5O3. The van der Waals surface area contributed by atoms with Gasteiger partial charge in [-0.1, -0.05) is 6.07 Å². The van der Waals surface area contributed by atoms with Crippen LogP contribution < -0.4 is 10.5 Å². The second kappa shape index (κ2) is 5.97. The molecule has 25 heavy (non-hydrogen) atoms. The SMILES string of the molecule is O=c1c2cnc(N3CCCC3)nc2ccn1-c1cccc([N+](=O)[O-])c1. The van der Waals surface area contributed by atoms with Crippen molar-refractivity contribution < 1.29 is 4.92 Å². The molecule has 4 rings (SSSR count). The molecule has 8 heteroatoms. The lowest BCUT2D eigenvalue weighted by Gasteiger charge is -2.15. The minimum Gasteiger partial charge on any atom is -0.341 e. The third-order valence-electron chi connectivity index (χ3n) is 4.34. The normalized spacial score (nSPS) is 14.2. The van der Waals surface area contributed by atoms with Gasteiger partial charge in [0.25, 0.3) is 11.2 Å². The first-order chi connectivity index (χ1) is 12.1. The van der Waals surface area contributed by atoms with E-state index in [0.29, 0.717) is 22.5 Å². The van der Waals surface area contributed by atoms with Gasteiger partial charge in [-0.05, 0) is 25.0 Å². The van der Waals surface area contributed by atoms with Crippen molar-refractivity contribution in [3.8, 4) is 5.69 Å². The predicted octanol–water partition coefficient (Wildman–Crippen LogP) is 2.29. The third-order valence-corrected chi connectivity index (χ3v) is 4.34. The highest BCUT2D eigenvalue weighted by Crippen LogP contribution is 2.19. The Morgan fingerprint density at radius 3 is 2.72 bits per heavy atom. The smallest absolute Gasteiger partial charge is 0.271 e. The van der Waals surface area contributed by atoms with E-state index in [1.54, 1.807) is 24.4 Å². The standard InChI is InChI=1S/C17H15N5O3/c23-16-14-11-18-17(20-7-1-2-8-20)19-15(14)6-9-21(16)12-4-3-5-13(10-12)22(24)25/h3-6,9-11H,1-2,7-8H2. The average Bonchev–Trinajstić information content (AvgIpc) is 3.16. The molecule has 0 bridgehead atoms. The summed E-state index contributed by atoms with van der Waals surface area (Å²) >= 11 is 0. The highest BCUT2D eigenvalue weighted by Gasteiger charge is 2.16. The molecule has 0 N–H and O–H groups in total. The Labute approximate surface area is 142 Å². The molecule has 0 unspecified atom stereocenters. The van der Waals surface area contributed by atoms with Crippen LogP contribution in [0.4, 0.5) is 11.6 Å². The van der Waals surface area contributed by atoms with Gasteiger partial charge >= 0.3 is 0 Å². The third kappa shape index (κ3) is 2.71. The van der Waals surface area contributed by atoms with Gasteiger partial charge in [-0.25, -0.2) is 9.97 Å². The quantitative estimate of drug-likeness (QED) is 0.537. The minimum atomic E-state index is -0.485. The van der Waals surface area contributed by atoms with E-state index >= 15 is 0 Å². The van der Waals surface area contributed by atoms with Crippen LogP contribution in [0.15, 0.2) is 47.5 Å². The van der Waals surface area contributed by atoms with Crippen LogP contribution in [0.5, 0.6) is 0 Å². The highest BCUT2D eigenvalue weighted by atomic mass is 16.6. The summed E-state index contributed by atoms with van der Waals surface area (Å²) < 4.78 is 1.37. The van der Waals surface area contributed by atoms with Gasteiger partial charge in [0.05, 0.1) is 21.5 Å². The molecule has 3 heterocycles. The Kier molecular flexibility index (Phi) is 3.64. The average molecular weight is 337 g/mol. The van der Waals surface area contributed by atoms with E-state index in [-0.39, 0.29) is 11.2 Å². The van der Waals surface area contributed by atoms with Crippen LogP contribution in [0.25, 0.3) is 16.6 Å². The number of non-ortho nitro benzene ring substituents is 1. The first-order valence-corrected chi connectivity index (χ1v) is 8.02. The molecule has 1 saturated heterocycles. The molecule has 3 aromatic rings. The molecule has 0 radical (unpaired) electrons. The second-order valence-corrected chi connectivity index (χ2v) is 5.93. The summed E-state index contributed by atoms with van der Waals surface area (Å²) in [6.07, 6.45) is 5.36. The number of nitro benzene ring substituents is 1. The van der Waals surface area contributed by atoms with Crippen LogP contribution in [0, 0.1) is 10.1 Å². The van der Waals surface area contributed by atoms with Crippen molar-refractivity contribution in [1.82, 2.24) is 14.5 Å². The number of anilines is 1. The highest BCUT2D eigenvalue weighted by molar-refractivity contribution is 5.78. The van der Waals surface area contributed by atoms with Crippen LogP contribution >= 0.6 is 0 Å². The zero-order valence-corrected chi connectivity index (χ0v) is 13.3. The zero-order chi connectivity index (χ0) is 17.4. The number of pyridine rings is 1. The molecule has 2 aromatic heterocycles. The molecule has 1 fully saturated rings. The van der Waals surface area contributed by atoms with Gasteiger partial charge < -0.3 is 4.90 Å². The van der Waals surface area contributed by atoms with Crippen molar-refractivity contribution in [3.63, 3.8) is 0 Å². The summed E-state index contributed by atoms with van der Waals surface area (Å²) in [6, 6.07) is 7.70. The summed E-state index contributed by atoms with van der Waals surface area (Å²) in [4.78, 5) is 34.1. The van der Waals surface area contributed by atoms with E-state index in [9.17, 15) is 14.9 Å². The van der Waals surface area contributed by atoms with Crippen molar-refractivity contribution in [3.05, 3.63) is 63.2 Å². The lowest BCUT2D eigenvalue weighted by atomic mass is 10.2. The minimum absolute atomic E-state index is 0.0647. The largest absolute Gasteiger partial charge is 0.341 e. The molecule has 0 aliphatic carbocycles. The maximum atomic E-state index is 12.7. The van der Waals surface area contributed by atoms with Gasteiger partial charge in [0.2, 0.25) is 5.95 Å². The van der Waals surface area contributed by atoms with Gasteiger partial charge in [0.15, 0.2) is 0 Å². The number of nitrogens with zero attached hydrogens (tertiary/aromatic N) is 5. The Balaban J connectivity index is 1.80. The van der Waals surface area contributed by atoms with Crippen molar-refractivity contribution in [2.24, 2.45) is 0 Å². The Morgan fingerprint density at radius 1 is 1.16 bits per heavy atom. The maximum absolute atomic E-state index is 12.7. The maximum Gasteiger partial charge on any atom is 0.271 e. The summed E-state index contributed by atoms with van der Waals surface area (Å²) in [5, 5.41) is 11.3. The number of rotatable bonds is 3. The fraction of sp³-hybridized carbons (Fsp3) is 0.235. The van der Waals surface area contributed by atoms with E-state index in [2.05, 4.69) is 14.9 Å². The number of hydrogen-bond donors (Lipinski definition) is 0. The fourth-order valence-corrected chi connectivity index (χ4v) is 3.05. The first kappa shape index (κ1) is 15.3.